The Kier molecular flexibility index (Phi) is 4.03. The summed E-state index contributed by atoms with van der Waals surface area (Å²) in [5.74, 6) is 1.55. The van der Waals surface area contributed by atoms with Crippen LogP contribution in [0, 0.1) is 6.92 Å². The largest absolute Gasteiger partial charge is 0.507 e. The summed E-state index contributed by atoms with van der Waals surface area (Å²) in [6, 6.07) is 8.12. The Labute approximate surface area is 128 Å². The van der Waals surface area contributed by atoms with E-state index >= 15 is 0 Å². The van der Waals surface area contributed by atoms with E-state index in [1.807, 2.05) is 17.4 Å². The zero-order chi connectivity index (χ0) is 14.8. The van der Waals surface area contributed by atoms with Crippen LogP contribution in [0.3, 0.4) is 0 Å². The van der Waals surface area contributed by atoms with Crippen molar-refractivity contribution in [2.45, 2.75) is 32.9 Å². The average Bonchev–Trinajstić information content (AvgIpc) is 3.04. The van der Waals surface area contributed by atoms with Gasteiger partial charge in [-0.2, -0.15) is 0 Å². The Bertz CT molecular complexity index is 638. The first-order chi connectivity index (χ1) is 10.1. The first kappa shape index (κ1) is 14.2. The Morgan fingerprint density at radius 3 is 2.76 bits per heavy atom. The van der Waals surface area contributed by atoms with Crippen LogP contribution in [-0.4, -0.2) is 17.9 Å². The molecule has 2 N–H and O–H groups in total. The van der Waals surface area contributed by atoms with Crippen LogP contribution in [0.1, 0.15) is 22.2 Å². The number of phenolic OH excluding ortho intramolecular Hbond substituents is 1. The lowest BCUT2D eigenvalue weighted by Crippen LogP contribution is -2.27. The molecule has 4 nitrogen and oxygen atoms in total. The number of fused-ring (bicyclic) bond motifs is 1. The van der Waals surface area contributed by atoms with Gasteiger partial charge in [-0.15, -0.1) is 11.3 Å². The van der Waals surface area contributed by atoms with E-state index in [2.05, 4.69) is 31.3 Å². The highest BCUT2D eigenvalue weighted by molar-refractivity contribution is 7.11. The third-order valence-corrected chi connectivity index (χ3v) is 4.54. The van der Waals surface area contributed by atoms with Gasteiger partial charge in [-0.3, -0.25) is 0 Å². The van der Waals surface area contributed by atoms with E-state index < -0.39 is 0 Å². The van der Waals surface area contributed by atoms with Crippen LogP contribution in [0.25, 0.3) is 0 Å². The molecule has 5 heteroatoms. The number of aryl methyl sites for hydroxylation is 1. The summed E-state index contributed by atoms with van der Waals surface area (Å²) in [4.78, 5) is 2.72. The fourth-order valence-corrected chi connectivity index (χ4v) is 3.39. The molecule has 1 unspecified atom stereocenters. The number of aromatic hydroxyl groups is 1. The van der Waals surface area contributed by atoms with Crippen LogP contribution in [-0.2, 0) is 13.0 Å². The Morgan fingerprint density at radius 1 is 1.29 bits per heavy atom. The van der Waals surface area contributed by atoms with Gasteiger partial charge in [-0.1, -0.05) is 0 Å². The van der Waals surface area contributed by atoms with Crippen molar-refractivity contribution in [3.05, 3.63) is 39.6 Å². The Morgan fingerprint density at radius 2 is 2.05 bits per heavy atom. The maximum atomic E-state index is 10.0. The minimum Gasteiger partial charge on any atom is -0.507 e. The molecule has 1 aromatic carbocycles. The number of ether oxygens (including phenoxy) is 2. The van der Waals surface area contributed by atoms with Crippen molar-refractivity contribution < 1.29 is 14.6 Å². The molecule has 0 radical (unpaired) electrons. The molecule has 112 valence electrons. The normalized spacial score (nSPS) is 14.4. The number of phenols is 1. The number of hydrogen-bond donors (Lipinski definition) is 2. The van der Waals surface area contributed by atoms with E-state index in [9.17, 15) is 5.11 Å². The summed E-state index contributed by atoms with van der Waals surface area (Å²) in [6.45, 7) is 5.10. The third kappa shape index (κ3) is 3.31. The van der Waals surface area contributed by atoms with Crippen molar-refractivity contribution in [2.24, 2.45) is 0 Å². The van der Waals surface area contributed by atoms with Gasteiger partial charge in [-0.25, -0.2) is 0 Å². The zero-order valence-corrected chi connectivity index (χ0v) is 13.0. The number of hydrogen-bond acceptors (Lipinski definition) is 5. The van der Waals surface area contributed by atoms with Gasteiger partial charge in [0.2, 0.25) is 6.79 Å². The average molecular weight is 305 g/mol. The minimum absolute atomic E-state index is 0.222. The van der Waals surface area contributed by atoms with Crippen molar-refractivity contribution in [2.75, 3.05) is 6.79 Å². The quantitative estimate of drug-likeness (QED) is 0.890. The molecule has 0 spiro atoms. The maximum Gasteiger partial charge on any atom is 0.231 e. The summed E-state index contributed by atoms with van der Waals surface area (Å²) < 4.78 is 10.6. The van der Waals surface area contributed by atoms with Crippen molar-refractivity contribution in [3.8, 4) is 17.2 Å². The fraction of sp³-hybridized carbons (Fsp3) is 0.375. The molecule has 21 heavy (non-hydrogen) atoms. The van der Waals surface area contributed by atoms with E-state index in [4.69, 9.17) is 9.47 Å². The highest BCUT2D eigenvalue weighted by atomic mass is 32.1. The minimum atomic E-state index is 0.222. The number of nitrogens with one attached hydrogen (secondary N) is 1. The van der Waals surface area contributed by atoms with Gasteiger partial charge in [0.25, 0.3) is 0 Å². The summed E-state index contributed by atoms with van der Waals surface area (Å²) in [5, 5.41) is 13.4. The second kappa shape index (κ2) is 5.95. The standard InChI is InChI=1S/C16H19NO3S/c1-10(5-13-4-3-11(2)21-13)17-8-12-6-15-16(7-14(12)18)20-9-19-15/h3-4,6-7,10,17-18H,5,8-9H2,1-2H3. The molecule has 2 heterocycles. The van der Waals surface area contributed by atoms with E-state index in [-0.39, 0.29) is 12.5 Å². The molecule has 0 amide bonds. The van der Waals surface area contributed by atoms with Gasteiger partial charge in [0.15, 0.2) is 11.5 Å². The second-order valence-corrected chi connectivity index (χ2v) is 6.71. The second-order valence-electron chi connectivity index (χ2n) is 5.33. The predicted octanol–water partition coefficient (Wildman–Crippen LogP) is 3.21. The van der Waals surface area contributed by atoms with Crippen LogP contribution < -0.4 is 14.8 Å². The van der Waals surface area contributed by atoms with Gasteiger partial charge in [0.1, 0.15) is 5.75 Å². The van der Waals surface area contributed by atoms with Crippen molar-refractivity contribution in [1.82, 2.24) is 5.32 Å². The van der Waals surface area contributed by atoms with Crippen LogP contribution in [0.5, 0.6) is 17.2 Å². The monoisotopic (exact) mass is 305 g/mol. The number of thiophene rings is 1. The molecule has 0 aliphatic carbocycles. The molecular formula is C16H19NO3S. The zero-order valence-electron chi connectivity index (χ0n) is 12.2. The summed E-state index contributed by atoms with van der Waals surface area (Å²) in [7, 11) is 0. The highest BCUT2D eigenvalue weighted by Gasteiger charge is 2.17. The fourth-order valence-electron chi connectivity index (χ4n) is 2.37. The summed E-state index contributed by atoms with van der Waals surface area (Å²) >= 11 is 1.83. The summed E-state index contributed by atoms with van der Waals surface area (Å²) in [5.41, 5.74) is 0.827. The van der Waals surface area contributed by atoms with Gasteiger partial charge < -0.3 is 19.9 Å². The molecule has 0 bridgehead atoms. The molecule has 1 aliphatic heterocycles. The van der Waals surface area contributed by atoms with E-state index in [1.54, 1.807) is 6.07 Å². The first-order valence-corrected chi connectivity index (χ1v) is 7.83. The van der Waals surface area contributed by atoms with E-state index in [0.29, 0.717) is 24.1 Å². The lowest BCUT2D eigenvalue weighted by molar-refractivity contribution is 0.174. The first-order valence-electron chi connectivity index (χ1n) is 7.02. The van der Waals surface area contributed by atoms with Crippen LogP contribution in [0.2, 0.25) is 0 Å². The molecule has 1 aliphatic rings. The molecule has 0 saturated heterocycles. The molecule has 0 saturated carbocycles. The van der Waals surface area contributed by atoms with Crippen LogP contribution >= 0.6 is 11.3 Å². The lowest BCUT2D eigenvalue weighted by Gasteiger charge is -2.14. The molecule has 1 atom stereocenters. The van der Waals surface area contributed by atoms with Crippen molar-refractivity contribution in [3.63, 3.8) is 0 Å². The van der Waals surface area contributed by atoms with Crippen LogP contribution in [0.4, 0.5) is 0 Å². The lowest BCUT2D eigenvalue weighted by atomic mass is 10.1. The molecule has 3 rings (SSSR count). The number of rotatable bonds is 5. The molecule has 2 aromatic rings. The topological polar surface area (TPSA) is 50.7 Å². The van der Waals surface area contributed by atoms with E-state index in [1.165, 1.54) is 9.75 Å². The van der Waals surface area contributed by atoms with E-state index in [0.717, 1.165) is 12.0 Å². The SMILES string of the molecule is Cc1ccc(CC(C)NCc2cc3c(cc2O)OCO3)s1. The maximum absolute atomic E-state index is 10.0. The highest BCUT2D eigenvalue weighted by Crippen LogP contribution is 2.37. The van der Waals surface area contributed by atoms with Gasteiger partial charge in [0.05, 0.1) is 0 Å². The molecule has 1 aromatic heterocycles. The van der Waals surface area contributed by atoms with Crippen molar-refractivity contribution >= 4 is 11.3 Å². The van der Waals surface area contributed by atoms with Gasteiger partial charge >= 0.3 is 0 Å². The summed E-state index contributed by atoms with van der Waals surface area (Å²) in [6.07, 6.45) is 0.990. The predicted molar refractivity (Wildman–Crippen MR) is 83.3 cm³/mol. The number of benzene rings is 1. The Hall–Kier alpha value is -1.72. The third-order valence-electron chi connectivity index (χ3n) is 3.52. The molecule has 0 fully saturated rings. The molecular weight excluding hydrogens is 286 g/mol. The van der Waals surface area contributed by atoms with Crippen molar-refractivity contribution in [1.29, 1.82) is 0 Å². The van der Waals surface area contributed by atoms with Gasteiger partial charge in [0, 0.05) is 34.0 Å². The van der Waals surface area contributed by atoms with Crippen LogP contribution in [0.15, 0.2) is 24.3 Å². The smallest absolute Gasteiger partial charge is 0.231 e. The van der Waals surface area contributed by atoms with Gasteiger partial charge in [-0.05, 0) is 38.5 Å². The Balaban J connectivity index is 1.59.